The summed E-state index contributed by atoms with van der Waals surface area (Å²) >= 11 is 0. The smallest absolute Gasteiger partial charge is 0.382 e. The Bertz CT molecular complexity index is 243. The standard InChI is InChI=1S/C9H13F6NO2/c1-2-3-16(4-6(17)8(10,11)12)5-7(18)9(13,14)15/h2,6-7,17-18H,1,3-5H2/t6-,7-/m1/s1. The number of hydrogen-bond acceptors (Lipinski definition) is 3. The van der Waals surface area contributed by atoms with E-state index in [1.807, 2.05) is 0 Å². The molecule has 0 saturated carbocycles. The zero-order valence-electron chi connectivity index (χ0n) is 9.17. The largest absolute Gasteiger partial charge is 0.415 e. The maximum absolute atomic E-state index is 12.0. The summed E-state index contributed by atoms with van der Waals surface area (Å²) in [5, 5.41) is 17.5. The molecule has 0 unspecified atom stereocenters. The minimum atomic E-state index is -4.93. The molecule has 0 aromatic rings. The van der Waals surface area contributed by atoms with E-state index >= 15 is 0 Å². The quantitative estimate of drug-likeness (QED) is 0.570. The molecular formula is C9H13F6NO2. The van der Waals surface area contributed by atoms with Crippen LogP contribution in [0.15, 0.2) is 12.7 Å². The highest BCUT2D eigenvalue weighted by molar-refractivity contribution is 4.81. The van der Waals surface area contributed by atoms with E-state index in [4.69, 9.17) is 10.2 Å². The predicted octanol–water partition coefficient (Wildman–Crippen LogP) is 1.32. The van der Waals surface area contributed by atoms with Gasteiger partial charge in [0.05, 0.1) is 0 Å². The molecular weight excluding hydrogens is 268 g/mol. The number of nitrogens with zero attached hydrogens (tertiary/aromatic N) is 1. The van der Waals surface area contributed by atoms with Crippen molar-refractivity contribution in [3.8, 4) is 0 Å². The lowest BCUT2D eigenvalue weighted by Gasteiger charge is -2.27. The van der Waals surface area contributed by atoms with Crippen molar-refractivity contribution in [2.75, 3.05) is 19.6 Å². The first-order valence-corrected chi connectivity index (χ1v) is 4.81. The molecule has 0 aliphatic heterocycles. The van der Waals surface area contributed by atoms with E-state index in [1.54, 1.807) is 0 Å². The van der Waals surface area contributed by atoms with Gasteiger partial charge in [-0.2, -0.15) is 26.3 Å². The molecule has 0 fully saturated rings. The summed E-state index contributed by atoms with van der Waals surface area (Å²) in [5.41, 5.74) is 0. The van der Waals surface area contributed by atoms with Crippen LogP contribution in [0, 0.1) is 0 Å². The molecule has 18 heavy (non-hydrogen) atoms. The van der Waals surface area contributed by atoms with Crippen LogP contribution in [0.4, 0.5) is 26.3 Å². The van der Waals surface area contributed by atoms with Gasteiger partial charge in [-0.3, -0.25) is 4.90 Å². The molecule has 3 nitrogen and oxygen atoms in total. The molecule has 0 amide bonds. The monoisotopic (exact) mass is 281 g/mol. The van der Waals surface area contributed by atoms with Gasteiger partial charge in [-0.1, -0.05) is 6.08 Å². The molecule has 0 rings (SSSR count). The second-order valence-electron chi connectivity index (χ2n) is 3.62. The summed E-state index contributed by atoms with van der Waals surface area (Å²) in [6.45, 7) is 0.719. The zero-order valence-corrected chi connectivity index (χ0v) is 9.17. The minimum absolute atomic E-state index is 0.319. The van der Waals surface area contributed by atoms with E-state index in [-0.39, 0.29) is 6.54 Å². The molecule has 0 heterocycles. The summed E-state index contributed by atoms with van der Waals surface area (Å²) in [6.07, 6.45) is -14.3. The molecule has 0 aromatic carbocycles. The van der Waals surface area contributed by atoms with Crippen LogP contribution in [0.3, 0.4) is 0 Å². The first-order chi connectivity index (χ1) is 7.98. The number of rotatable bonds is 6. The molecule has 0 spiro atoms. The molecule has 2 N–H and O–H groups in total. The van der Waals surface area contributed by atoms with Crippen LogP contribution in [0.1, 0.15) is 0 Å². The van der Waals surface area contributed by atoms with Crippen molar-refractivity contribution in [3.63, 3.8) is 0 Å². The highest BCUT2D eigenvalue weighted by Gasteiger charge is 2.42. The first-order valence-electron chi connectivity index (χ1n) is 4.81. The van der Waals surface area contributed by atoms with Crippen LogP contribution in [0.5, 0.6) is 0 Å². The minimum Gasteiger partial charge on any atom is -0.382 e. The zero-order chi connectivity index (χ0) is 14.6. The molecule has 108 valence electrons. The van der Waals surface area contributed by atoms with E-state index in [0.717, 1.165) is 6.08 Å². The molecule has 0 aliphatic rings. The van der Waals surface area contributed by atoms with Crippen molar-refractivity contribution in [2.24, 2.45) is 0 Å². The first kappa shape index (κ1) is 17.2. The third kappa shape index (κ3) is 6.22. The van der Waals surface area contributed by atoms with Crippen molar-refractivity contribution >= 4 is 0 Å². The van der Waals surface area contributed by atoms with Crippen LogP contribution >= 0.6 is 0 Å². The molecule has 0 saturated heterocycles. The number of hydrogen-bond donors (Lipinski definition) is 2. The summed E-state index contributed by atoms with van der Waals surface area (Å²) in [7, 11) is 0. The van der Waals surface area contributed by atoms with Gasteiger partial charge < -0.3 is 10.2 Å². The molecule has 0 bridgehead atoms. The summed E-state index contributed by atoms with van der Waals surface area (Å²) in [5.74, 6) is 0. The predicted molar refractivity (Wildman–Crippen MR) is 50.8 cm³/mol. The molecule has 2 atom stereocenters. The highest BCUT2D eigenvalue weighted by Crippen LogP contribution is 2.23. The Morgan fingerprint density at radius 2 is 1.28 bits per heavy atom. The normalized spacial score (nSPS) is 16.7. The summed E-state index contributed by atoms with van der Waals surface area (Å²) in [6, 6.07) is 0. The number of aliphatic hydroxyl groups is 2. The van der Waals surface area contributed by atoms with Crippen LogP contribution in [0.2, 0.25) is 0 Å². The fourth-order valence-electron chi connectivity index (χ4n) is 1.10. The fraction of sp³-hybridized carbons (Fsp3) is 0.778. The Morgan fingerprint density at radius 1 is 0.944 bits per heavy atom. The SMILES string of the molecule is C=CCN(C[C@@H](O)C(F)(F)F)C[C@@H](O)C(F)(F)F. The van der Waals surface area contributed by atoms with Crippen molar-refractivity contribution in [2.45, 2.75) is 24.6 Å². The number of alkyl halides is 6. The Kier molecular flexibility index (Phi) is 6.11. The highest BCUT2D eigenvalue weighted by atomic mass is 19.4. The Balaban J connectivity index is 4.54. The van der Waals surface area contributed by atoms with Crippen molar-refractivity contribution in [1.82, 2.24) is 4.90 Å². The maximum Gasteiger partial charge on any atom is 0.415 e. The topological polar surface area (TPSA) is 43.7 Å². The third-order valence-corrected chi connectivity index (χ3v) is 2.01. The van der Waals surface area contributed by atoms with Gasteiger partial charge in [0.15, 0.2) is 12.2 Å². The number of halogens is 6. The second-order valence-corrected chi connectivity index (χ2v) is 3.62. The Hall–Kier alpha value is -0.800. The summed E-state index contributed by atoms with van der Waals surface area (Å²) in [4.78, 5) is 0.614. The van der Waals surface area contributed by atoms with Crippen LogP contribution in [-0.4, -0.2) is 59.3 Å². The van der Waals surface area contributed by atoms with E-state index in [1.165, 1.54) is 0 Å². The van der Waals surface area contributed by atoms with Gasteiger partial charge in [-0.05, 0) is 0 Å². The second kappa shape index (κ2) is 6.39. The average Bonchev–Trinajstić information content (AvgIpc) is 2.14. The Morgan fingerprint density at radius 3 is 1.50 bits per heavy atom. The van der Waals surface area contributed by atoms with E-state index in [9.17, 15) is 26.3 Å². The van der Waals surface area contributed by atoms with Crippen LogP contribution in [0.25, 0.3) is 0 Å². The van der Waals surface area contributed by atoms with Gasteiger partial charge in [0, 0.05) is 19.6 Å². The van der Waals surface area contributed by atoms with Gasteiger partial charge in [-0.25, -0.2) is 0 Å². The Labute approximate surface area is 99.3 Å². The molecule has 0 aromatic heterocycles. The molecule has 9 heteroatoms. The van der Waals surface area contributed by atoms with Gasteiger partial charge in [-0.15, -0.1) is 6.58 Å². The lowest BCUT2D eigenvalue weighted by atomic mass is 10.2. The van der Waals surface area contributed by atoms with E-state index in [0.29, 0.717) is 4.90 Å². The van der Waals surface area contributed by atoms with Gasteiger partial charge >= 0.3 is 12.4 Å². The van der Waals surface area contributed by atoms with Crippen molar-refractivity contribution in [1.29, 1.82) is 0 Å². The van der Waals surface area contributed by atoms with Gasteiger partial charge in [0.25, 0.3) is 0 Å². The third-order valence-electron chi connectivity index (χ3n) is 2.01. The van der Waals surface area contributed by atoms with Crippen LogP contribution in [-0.2, 0) is 0 Å². The van der Waals surface area contributed by atoms with Crippen LogP contribution < -0.4 is 0 Å². The van der Waals surface area contributed by atoms with E-state index in [2.05, 4.69) is 6.58 Å². The lowest BCUT2D eigenvalue weighted by molar-refractivity contribution is -0.220. The number of aliphatic hydroxyl groups excluding tert-OH is 2. The fourth-order valence-corrected chi connectivity index (χ4v) is 1.10. The average molecular weight is 281 g/mol. The van der Waals surface area contributed by atoms with E-state index < -0.39 is 37.7 Å². The molecule has 0 radical (unpaired) electrons. The summed E-state index contributed by atoms with van der Waals surface area (Å²) < 4.78 is 72.2. The maximum atomic E-state index is 12.0. The van der Waals surface area contributed by atoms with Crippen molar-refractivity contribution in [3.05, 3.63) is 12.7 Å². The van der Waals surface area contributed by atoms with Crippen molar-refractivity contribution < 1.29 is 36.6 Å². The lowest BCUT2D eigenvalue weighted by Crippen LogP contribution is -2.46. The van der Waals surface area contributed by atoms with Gasteiger partial charge in [0.2, 0.25) is 0 Å². The molecule has 0 aliphatic carbocycles. The van der Waals surface area contributed by atoms with Gasteiger partial charge in [0.1, 0.15) is 0 Å².